The van der Waals surface area contributed by atoms with Crippen molar-refractivity contribution in [3.8, 4) is 0 Å². The van der Waals surface area contributed by atoms with Gasteiger partial charge >= 0.3 is 5.97 Å². The van der Waals surface area contributed by atoms with Crippen LogP contribution in [0.3, 0.4) is 0 Å². The molecule has 1 aliphatic heterocycles. The SMILES string of the molecule is CCC(=O)N1CCCc2ccc(C(=O)CCC(=O)O)cc21. The van der Waals surface area contributed by atoms with Crippen molar-refractivity contribution in [2.24, 2.45) is 0 Å². The number of anilines is 1. The van der Waals surface area contributed by atoms with E-state index in [1.807, 2.05) is 13.0 Å². The number of hydrogen-bond acceptors (Lipinski definition) is 3. The Balaban J connectivity index is 2.25. The Kier molecular flexibility index (Phi) is 4.73. The predicted octanol–water partition coefficient (Wildman–Crippen LogP) is 2.42. The van der Waals surface area contributed by atoms with Crippen molar-refractivity contribution < 1.29 is 19.5 Å². The van der Waals surface area contributed by atoms with Crippen LogP contribution >= 0.6 is 0 Å². The lowest BCUT2D eigenvalue weighted by atomic mass is 9.97. The molecule has 0 saturated carbocycles. The van der Waals surface area contributed by atoms with E-state index in [2.05, 4.69) is 0 Å². The summed E-state index contributed by atoms with van der Waals surface area (Å²) in [6.45, 7) is 2.49. The molecule has 2 rings (SSSR count). The fourth-order valence-corrected chi connectivity index (χ4v) is 2.56. The van der Waals surface area contributed by atoms with Crippen LogP contribution in [0.2, 0.25) is 0 Å². The van der Waals surface area contributed by atoms with Crippen LogP contribution in [0, 0.1) is 0 Å². The molecule has 5 nitrogen and oxygen atoms in total. The van der Waals surface area contributed by atoms with Crippen molar-refractivity contribution >= 4 is 23.3 Å². The van der Waals surface area contributed by atoms with E-state index in [0.717, 1.165) is 24.1 Å². The first-order valence-electron chi connectivity index (χ1n) is 7.21. The van der Waals surface area contributed by atoms with Gasteiger partial charge in [-0.25, -0.2) is 0 Å². The van der Waals surface area contributed by atoms with Gasteiger partial charge < -0.3 is 10.0 Å². The van der Waals surface area contributed by atoms with Gasteiger partial charge in [0.05, 0.1) is 6.42 Å². The van der Waals surface area contributed by atoms with E-state index in [-0.39, 0.29) is 24.5 Å². The summed E-state index contributed by atoms with van der Waals surface area (Å²) >= 11 is 0. The number of aliphatic carboxylic acids is 1. The Bertz CT molecular complexity index is 580. The highest BCUT2D eigenvalue weighted by Gasteiger charge is 2.22. The minimum absolute atomic E-state index is 0.0180. The quantitative estimate of drug-likeness (QED) is 0.845. The highest BCUT2D eigenvalue weighted by Crippen LogP contribution is 2.29. The van der Waals surface area contributed by atoms with Gasteiger partial charge in [-0.1, -0.05) is 19.1 Å². The van der Waals surface area contributed by atoms with Gasteiger partial charge in [-0.3, -0.25) is 14.4 Å². The van der Waals surface area contributed by atoms with Crippen molar-refractivity contribution in [1.82, 2.24) is 0 Å². The molecule has 0 spiro atoms. The van der Waals surface area contributed by atoms with Gasteiger partial charge in [-0.15, -0.1) is 0 Å². The fourth-order valence-electron chi connectivity index (χ4n) is 2.56. The van der Waals surface area contributed by atoms with Gasteiger partial charge in [0.1, 0.15) is 0 Å². The molecule has 0 aliphatic carbocycles. The minimum Gasteiger partial charge on any atom is -0.481 e. The van der Waals surface area contributed by atoms with Crippen molar-refractivity contribution in [1.29, 1.82) is 0 Å². The number of nitrogens with zero attached hydrogens (tertiary/aromatic N) is 1. The molecule has 1 aliphatic rings. The van der Waals surface area contributed by atoms with Crippen molar-refractivity contribution in [2.75, 3.05) is 11.4 Å². The highest BCUT2D eigenvalue weighted by molar-refractivity contribution is 6.00. The second-order valence-electron chi connectivity index (χ2n) is 5.16. The zero-order valence-corrected chi connectivity index (χ0v) is 12.1. The van der Waals surface area contributed by atoms with E-state index in [1.54, 1.807) is 17.0 Å². The van der Waals surface area contributed by atoms with Gasteiger partial charge in [0.2, 0.25) is 5.91 Å². The van der Waals surface area contributed by atoms with Crippen LogP contribution in [0.4, 0.5) is 5.69 Å². The number of fused-ring (bicyclic) bond motifs is 1. The average Bonchev–Trinajstić information content (AvgIpc) is 2.50. The van der Waals surface area contributed by atoms with Crippen LogP contribution in [0.15, 0.2) is 18.2 Å². The lowest BCUT2D eigenvalue weighted by molar-refractivity contribution is -0.137. The number of carbonyl (C=O) groups is 3. The third kappa shape index (κ3) is 3.48. The second-order valence-corrected chi connectivity index (χ2v) is 5.16. The molecule has 1 N–H and O–H groups in total. The number of hydrogen-bond donors (Lipinski definition) is 1. The molecule has 112 valence electrons. The lowest BCUT2D eigenvalue weighted by Crippen LogP contribution is -2.35. The van der Waals surface area contributed by atoms with E-state index in [1.165, 1.54) is 0 Å². The first kappa shape index (κ1) is 15.2. The lowest BCUT2D eigenvalue weighted by Gasteiger charge is -2.29. The van der Waals surface area contributed by atoms with Crippen molar-refractivity contribution in [2.45, 2.75) is 39.0 Å². The highest BCUT2D eigenvalue weighted by atomic mass is 16.4. The normalized spacial score (nSPS) is 13.7. The predicted molar refractivity (Wildman–Crippen MR) is 78.6 cm³/mol. The molecule has 21 heavy (non-hydrogen) atoms. The number of rotatable bonds is 5. The summed E-state index contributed by atoms with van der Waals surface area (Å²) in [5.41, 5.74) is 2.35. The molecular weight excluding hydrogens is 270 g/mol. The number of ketones is 1. The number of carbonyl (C=O) groups excluding carboxylic acids is 2. The monoisotopic (exact) mass is 289 g/mol. The molecule has 1 heterocycles. The Labute approximate surface area is 123 Å². The van der Waals surface area contributed by atoms with Gasteiger partial charge in [0.15, 0.2) is 5.78 Å². The maximum Gasteiger partial charge on any atom is 0.303 e. The summed E-state index contributed by atoms with van der Waals surface area (Å²) in [5, 5.41) is 8.64. The molecule has 0 unspecified atom stereocenters. The summed E-state index contributed by atoms with van der Waals surface area (Å²) in [6.07, 6.45) is 2.05. The zero-order valence-electron chi connectivity index (χ0n) is 12.1. The number of amides is 1. The number of benzene rings is 1. The first-order valence-corrected chi connectivity index (χ1v) is 7.21. The van der Waals surface area contributed by atoms with Crippen LogP contribution in [0.1, 0.15) is 48.5 Å². The smallest absolute Gasteiger partial charge is 0.303 e. The third-order valence-corrected chi connectivity index (χ3v) is 3.70. The van der Waals surface area contributed by atoms with Gasteiger partial charge in [0, 0.05) is 30.6 Å². The summed E-state index contributed by atoms with van der Waals surface area (Å²) < 4.78 is 0. The number of aryl methyl sites for hydroxylation is 1. The van der Waals surface area contributed by atoms with E-state index >= 15 is 0 Å². The minimum atomic E-state index is -0.982. The van der Waals surface area contributed by atoms with Crippen LogP contribution < -0.4 is 4.90 Å². The van der Waals surface area contributed by atoms with Gasteiger partial charge in [-0.2, -0.15) is 0 Å². The van der Waals surface area contributed by atoms with E-state index < -0.39 is 5.97 Å². The fraction of sp³-hybridized carbons (Fsp3) is 0.438. The summed E-state index contributed by atoms with van der Waals surface area (Å²) in [5.74, 6) is -1.13. The number of carboxylic acid groups (broad SMARTS) is 1. The molecule has 0 radical (unpaired) electrons. The molecule has 1 aromatic rings. The first-order chi connectivity index (χ1) is 10.0. The van der Waals surface area contributed by atoms with Crippen LogP contribution in [-0.4, -0.2) is 29.3 Å². The summed E-state index contributed by atoms with van der Waals surface area (Å²) in [7, 11) is 0. The average molecular weight is 289 g/mol. The largest absolute Gasteiger partial charge is 0.481 e. The Hall–Kier alpha value is -2.17. The summed E-state index contributed by atoms with van der Waals surface area (Å²) in [6, 6.07) is 5.33. The molecule has 0 bridgehead atoms. The molecule has 5 heteroatoms. The third-order valence-electron chi connectivity index (χ3n) is 3.70. The Morgan fingerprint density at radius 3 is 2.67 bits per heavy atom. The molecule has 0 aromatic heterocycles. The molecular formula is C16H19NO4. The second kappa shape index (κ2) is 6.52. The number of Topliss-reactive ketones (excluding diaryl/α,β-unsaturated/α-hetero) is 1. The maximum atomic E-state index is 12.0. The van der Waals surface area contributed by atoms with Crippen LogP contribution in [0.25, 0.3) is 0 Å². The van der Waals surface area contributed by atoms with E-state index in [0.29, 0.717) is 18.5 Å². The van der Waals surface area contributed by atoms with Crippen molar-refractivity contribution in [3.05, 3.63) is 29.3 Å². The summed E-state index contributed by atoms with van der Waals surface area (Å²) in [4.78, 5) is 36.3. The Morgan fingerprint density at radius 1 is 1.24 bits per heavy atom. The molecule has 0 atom stereocenters. The maximum absolute atomic E-state index is 12.0. The van der Waals surface area contributed by atoms with E-state index in [9.17, 15) is 14.4 Å². The number of carboxylic acids is 1. The van der Waals surface area contributed by atoms with Crippen LogP contribution in [0.5, 0.6) is 0 Å². The zero-order chi connectivity index (χ0) is 15.4. The van der Waals surface area contributed by atoms with Crippen LogP contribution in [-0.2, 0) is 16.0 Å². The molecule has 1 amide bonds. The molecule has 1 aromatic carbocycles. The standard InChI is InChI=1S/C16H19NO4/c1-2-15(19)17-9-3-4-11-5-6-12(10-13(11)17)14(18)7-8-16(20)21/h5-6,10H,2-4,7-9H2,1H3,(H,20,21). The van der Waals surface area contributed by atoms with Gasteiger partial charge in [-0.05, 0) is 24.5 Å². The molecule has 0 fully saturated rings. The van der Waals surface area contributed by atoms with E-state index in [4.69, 9.17) is 5.11 Å². The Morgan fingerprint density at radius 2 is 2.00 bits per heavy atom. The topological polar surface area (TPSA) is 74.7 Å². The van der Waals surface area contributed by atoms with Gasteiger partial charge in [0.25, 0.3) is 0 Å². The molecule has 0 saturated heterocycles. The van der Waals surface area contributed by atoms with Crippen molar-refractivity contribution in [3.63, 3.8) is 0 Å².